The molecule has 0 saturated carbocycles. The van der Waals surface area contributed by atoms with Gasteiger partial charge in [0.15, 0.2) is 11.5 Å². The van der Waals surface area contributed by atoms with Gasteiger partial charge in [0, 0.05) is 5.56 Å². The van der Waals surface area contributed by atoms with E-state index in [1.807, 2.05) is 18.2 Å². The van der Waals surface area contributed by atoms with E-state index in [0.29, 0.717) is 19.0 Å². The lowest BCUT2D eigenvalue weighted by molar-refractivity contribution is 0.222. The van der Waals surface area contributed by atoms with E-state index < -0.39 is 5.79 Å². The van der Waals surface area contributed by atoms with E-state index in [4.69, 9.17) is 20.9 Å². The molecule has 2 heterocycles. The summed E-state index contributed by atoms with van der Waals surface area (Å²) in [7, 11) is 0. The maximum atomic E-state index is 6.14. The highest BCUT2D eigenvalue weighted by molar-refractivity contribution is 5.79. The van der Waals surface area contributed by atoms with Crippen LogP contribution in [0, 0.1) is 0 Å². The Bertz CT molecular complexity index is 519. The van der Waals surface area contributed by atoms with Gasteiger partial charge in [0.2, 0.25) is 11.7 Å². The van der Waals surface area contributed by atoms with Crippen molar-refractivity contribution in [3.8, 4) is 11.5 Å². The summed E-state index contributed by atoms with van der Waals surface area (Å²) >= 11 is 0. The molecule has 0 saturated heterocycles. The molecule has 1 unspecified atom stereocenters. The molecule has 1 aromatic rings. The Morgan fingerprint density at radius 2 is 1.89 bits per heavy atom. The standard InChI is InChI=1S/C12H17N5O2/c13-11-15-12(14,17-16-11)8-3-4-9-10(7-8)19-6-2-1-5-18-9/h3-4,7,17H,1-2,5-6,14H2,(H3,13,15,16). The Morgan fingerprint density at radius 1 is 1.16 bits per heavy atom. The molecule has 7 nitrogen and oxygen atoms in total. The third kappa shape index (κ3) is 2.29. The first kappa shape index (κ1) is 12.1. The fraction of sp³-hybridized carbons (Fsp3) is 0.417. The second-order valence-corrected chi connectivity index (χ2v) is 4.58. The highest BCUT2D eigenvalue weighted by Crippen LogP contribution is 2.33. The summed E-state index contributed by atoms with van der Waals surface area (Å²) in [4.78, 5) is 4.14. The van der Waals surface area contributed by atoms with Gasteiger partial charge in [0.25, 0.3) is 0 Å². The third-order valence-electron chi connectivity index (χ3n) is 3.12. The van der Waals surface area contributed by atoms with Crippen LogP contribution in [0.4, 0.5) is 0 Å². The molecule has 6 N–H and O–H groups in total. The number of benzene rings is 1. The zero-order valence-corrected chi connectivity index (χ0v) is 10.5. The third-order valence-corrected chi connectivity index (χ3v) is 3.12. The van der Waals surface area contributed by atoms with Crippen molar-refractivity contribution in [2.45, 2.75) is 18.6 Å². The molecule has 0 aromatic heterocycles. The van der Waals surface area contributed by atoms with E-state index in [1.54, 1.807) is 0 Å². The molecule has 0 radical (unpaired) electrons. The number of nitrogens with zero attached hydrogens (tertiary/aromatic N) is 1. The molecular formula is C12H17N5O2. The van der Waals surface area contributed by atoms with Gasteiger partial charge in [0.1, 0.15) is 0 Å². The van der Waals surface area contributed by atoms with Crippen LogP contribution in [-0.4, -0.2) is 19.2 Å². The highest BCUT2D eigenvalue weighted by Gasteiger charge is 2.32. The van der Waals surface area contributed by atoms with Crippen molar-refractivity contribution in [2.75, 3.05) is 13.2 Å². The zero-order valence-electron chi connectivity index (χ0n) is 10.5. The van der Waals surface area contributed by atoms with Gasteiger partial charge in [-0.25, -0.2) is 4.99 Å². The van der Waals surface area contributed by atoms with Crippen molar-refractivity contribution in [3.05, 3.63) is 23.8 Å². The second kappa shape index (κ2) is 4.60. The number of fused-ring (bicyclic) bond motifs is 1. The van der Waals surface area contributed by atoms with Gasteiger partial charge in [-0.15, -0.1) is 0 Å². The average molecular weight is 263 g/mol. The lowest BCUT2D eigenvalue weighted by Gasteiger charge is -2.23. The number of hydrazine groups is 1. The molecule has 1 atom stereocenters. The average Bonchev–Trinajstić information content (AvgIpc) is 2.71. The zero-order chi connectivity index (χ0) is 13.3. The minimum Gasteiger partial charge on any atom is -0.490 e. The van der Waals surface area contributed by atoms with Crippen LogP contribution in [0.2, 0.25) is 0 Å². The van der Waals surface area contributed by atoms with Crippen LogP contribution in [0.3, 0.4) is 0 Å². The van der Waals surface area contributed by atoms with Crippen LogP contribution >= 0.6 is 0 Å². The number of hydrogen-bond donors (Lipinski definition) is 4. The molecule has 2 aliphatic rings. The van der Waals surface area contributed by atoms with Crippen molar-refractivity contribution >= 4 is 5.96 Å². The maximum absolute atomic E-state index is 6.14. The topological polar surface area (TPSA) is 107 Å². The summed E-state index contributed by atoms with van der Waals surface area (Å²) in [6, 6.07) is 5.52. The Balaban J connectivity index is 1.94. The van der Waals surface area contributed by atoms with Crippen LogP contribution in [0.15, 0.2) is 23.2 Å². The Labute approximate surface area is 110 Å². The number of guanidine groups is 1. The molecule has 0 fully saturated rings. The first-order valence-electron chi connectivity index (χ1n) is 6.25. The molecule has 2 aliphatic heterocycles. The van der Waals surface area contributed by atoms with Crippen LogP contribution in [-0.2, 0) is 5.79 Å². The smallest absolute Gasteiger partial charge is 0.209 e. The largest absolute Gasteiger partial charge is 0.490 e. The first-order chi connectivity index (χ1) is 9.17. The van der Waals surface area contributed by atoms with Gasteiger partial charge in [-0.2, -0.15) is 5.43 Å². The second-order valence-electron chi connectivity index (χ2n) is 4.58. The number of nitrogens with two attached hydrogens (primary N) is 2. The Morgan fingerprint density at radius 3 is 2.58 bits per heavy atom. The van der Waals surface area contributed by atoms with E-state index in [9.17, 15) is 0 Å². The summed E-state index contributed by atoms with van der Waals surface area (Å²) in [5.41, 5.74) is 18.0. The van der Waals surface area contributed by atoms with Crippen LogP contribution in [0.1, 0.15) is 18.4 Å². The number of ether oxygens (including phenoxy) is 2. The molecule has 0 amide bonds. The first-order valence-corrected chi connectivity index (χ1v) is 6.25. The molecule has 19 heavy (non-hydrogen) atoms. The monoisotopic (exact) mass is 263 g/mol. The predicted molar refractivity (Wildman–Crippen MR) is 70.4 cm³/mol. The minimum atomic E-state index is -1.08. The van der Waals surface area contributed by atoms with E-state index in [-0.39, 0.29) is 5.96 Å². The van der Waals surface area contributed by atoms with Gasteiger partial charge < -0.3 is 15.2 Å². The summed E-state index contributed by atoms with van der Waals surface area (Å²) < 4.78 is 11.3. The lowest BCUT2D eigenvalue weighted by Crippen LogP contribution is -2.50. The van der Waals surface area contributed by atoms with Crippen LogP contribution in [0.25, 0.3) is 0 Å². The molecule has 102 valence electrons. The predicted octanol–water partition coefficient (Wildman–Crippen LogP) is -0.271. The number of aliphatic imine (C=N–C) groups is 1. The summed E-state index contributed by atoms with van der Waals surface area (Å²) in [6.45, 7) is 1.38. The lowest BCUT2D eigenvalue weighted by atomic mass is 10.1. The summed E-state index contributed by atoms with van der Waals surface area (Å²) in [5, 5.41) is 0. The molecular weight excluding hydrogens is 246 g/mol. The fourth-order valence-electron chi connectivity index (χ4n) is 2.09. The van der Waals surface area contributed by atoms with Crippen molar-refractivity contribution in [2.24, 2.45) is 16.5 Å². The van der Waals surface area contributed by atoms with Crippen molar-refractivity contribution in [3.63, 3.8) is 0 Å². The Hall–Kier alpha value is -1.99. The minimum absolute atomic E-state index is 0.256. The van der Waals surface area contributed by atoms with Gasteiger partial charge in [-0.05, 0) is 31.0 Å². The quantitative estimate of drug-likeness (QED) is 0.555. The van der Waals surface area contributed by atoms with Gasteiger partial charge in [-0.1, -0.05) is 0 Å². The normalized spacial score (nSPS) is 26.1. The molecule has 3 rings (SSSR count). The van der Waals surface area contributed by atoms with E-state index >= 15 is 0 Å². The Kier molecular flexibility index (Phi) is 2.92. The van der Waals surface area contributed by atoms with E-state index in [1.165, 1.54) is 0 Å². The SMILES string of the molecule is NC1=NC(N)(c2ccc3c(c2)OCCCCO3)NN1. The van der Waals surface area contributed by atoms with Gasteiger partial charge in [-0.3, -0.25) is 11.2 Å². The number of hydrogen-bond acceptors (Lipinski definition) is 7. The van der Waals surface area contributed by atoms with E-state index in [2.05, 4.69) is 15.8 Å². The van der Waals surface area contributed by atoms with Gasteiger partial charge in [0.05, 0.1) is 13.2 Å². The van der Waals surface area contributed by atoms with Crippen LogP contribution in [0.5, 0.6) is 11.5 Å². The number of rotatable bonds is 1. The summed E-state index contributed by atoms with van der Waals surface area (Å²) in [6.07, 6.45) is 1.97. The molecule has 0 spiro atoms. The fourth-order valence-corrected chi connectivity index (χ4v) is 2.09. The van der Waals surface area contributed by atoms with Crippen molar-refractivity contribution < 1.29 is 9.47 Å². The van der Waals surface area contributed by atoms with Crippen molar-refractivity contribution in [1.29, 1.82) is 0 Å². The van der Waals surface area contributed by atoms with Crippen molar-refractivity contribution in [1.82, 2.24) is 10.9 Å². The van der Waals surface area contributed by atoms with E-state index in [0.717, 1.165) is 24.2 Å². The molecule has 0 aliphatic carbocycles. The molecule has 1 aromatic carbocycles. The highest BCUT2D eigenvalue weighted by atomic mass is 16.5. The van der Waals surface area contributed by atoms with Crippen LogP contribution < -0.4 is 31.8 Å². The number of nitrogens with one attached hydrogen (secondary N) is 2. The molecule has 7 heteroatoms. The maximum Gasteiger partial charge on any atom is 0.209 e. The summed E-state index contributed by atoms with van der Waals surface area (Å²) in [5.74, 6) is 0.594. The van der Waals surface area contributed by atoms with Gasteiger partial charge >= 0.3 is 0 Å². The molecule has 0 bridgehead atoms.